The third-order valence-electron chi connectivity index (χ3n) is 4.60. The molecule has 2 aromatic heterocycles. The first-order valence-corrected chi connectivity index (χ1v) is 10.9. The number of rotatable bonds is 7. The van der Waals surface area contributed by atoms with Crippen LogP contribution in [0, 0.1) is 0 Å². The molecule has 0 amide bonds. The molecule has 0 bridgehead atoms. The Hall–Kier alpha value is -2.00. The second-order valence-corrected chi connectivity index (χ2v) is 8.55. The summed E-state index contributed by atoms with van der Waals surface area (Å²) in [6, 6.07) is 5.71. The molecule has 4 rings (SSSR count). The molecule has 0 saturated carbocycles. The predicted molar refractivity (Wildman–Crippen MR) is 115 cm³/mol. The Kier molecular flexibility index (Phi) is 6.44. The minimum Gasteiger partial charge on any atom is -0.489 e. The van der Waals surface area contributed by atoms with Gasteiger partial charge in [-0.1, -0.05) is 22.9 Å². The highest BCUT2D eigenvalue weighted by Gasteiger charge is 2.14. The molecule has 3 heterocycles. The minimum atomic E-state index is 0.0752. The molecule has 1 fully saturated rings. The summed E-state index contributed by atoms with van der Waals surface area (Å²) in [4.78, 5) is 2.39. The highest BCUT2D eigenvalue weighted by Crippen LogP contribution is 2.34. The number of morpholine rings is 1. The molecule has 0 unspecified atom stereocenters. The third-order valence-corrected chi connectivity index (χ3v) is 5.91. The van der Waals surface area contributed by atoms with Crippen molar-refractivity contribution in [1.29, 1.82) is 0 Å². The van der Waals surface area contributed by atoms with Gasteiger partial charge in [-0.2, -0.15) is 5.10 Å². The fourth-order valence-corrected chi connectivity index (χ4v) is 4.14. The van der Waals surface area contributed by atoms with Gasteiger partial charge in [0.05, 0.1) is 42.6 Å². The predicted octanol–water partition coefficient (Wildman–Crippen LogP) is 3.84. The Labute approximate surface area is 179 Å². The normalized spacial score (nSPS) is 15.2. The maximum absolute atomic E-state index is 6.36. The van der Waals surface area contributed by atoms with Crippen molar-refractivity contribution in [1.82, 2.24) is 24.9 Å². The van der Waals surface area contributed by atoms with Crippen molar-refractivity contribution in [2.45, 2.75) is 26.5 Å². The number of benzene rings is 1. The standard InChI is InChI=1S/C20H24ClN5O2S/c1-14(2)28-18-4-3-15(11-17(18)21)19-23-24-20(29-19)16-12-22-26(13-16)6-5-25-7-9-27-10-8-25/h3-4,11-14H,5-10H2,1-2H3. The summed E-state index contributed by atoms with van der Waals surface area (Å²) in [5.41, 5.74) is 1.90. The van der Waals surface area contributed by atoms with E-state index in [1.165, 1.54) is 11.3 Å². The smallest absolute Gasteiger partial charge is 0.151 e. The highest BCUT2D eigenvalue weighted by molar-refractivity contribution is 7.17. The number of nitrogens with zero attached hydrogens (tertiary/aromatic N) is 5. The average molecular weight is 434 g/mol. The van der Waals surface area contributed by atoms with Crippen LogP contribution in [-0.2, 0) is 11.3 Å². The van der Waals surface area contributed by atoms with Gasteiger partial charge in [0.1, 0.15) is 10.8 Å². The van der Waals surface area contributed by atoms with E-state index in [0.717, 1.165) is 60.5 Å². The Morgan fingerprint density at radius 3 is 2.62 bits per heavy atom. The first-order chi connectivity index (χ1) is 14.1. The van der Waals surface area contributed by atoms with E-state index in [9.17, 15) is 0 Å². The van der Waals surface area contributed by atoms with Gasteiger partial charge in [0.15, 0.2) is 5.01 Å². The van der Waals surface area contributed by atoms with Gasteiger partial charge < -0.3 is 9.47 Å². The van der Waals surface area contributed by atoms with Gasteiger partial charge in [0.2, 0.25) is 0 Å². The van der Waals surface area contributed by atoms with Gasteiger partial charge in [-0.25, -0.2) is 0 Å². The second kappa shape index (κ2) is 9.21. The van der Waals surface area contributed by atoms with Gasteiger partial charge in [-0.05, 0) is 32.0 Å². The Morgan fingerprint density at radius 2 is 1.90 bits per heavy atom. The molecule has 0 N–H and O–H groups in total. The number of hydrogen-bond acceptors (Lipinski definition) is 7. The van der Waals surface area contributed by atoms with E-state index in [-0.39, 0.29) is 6.10 Å². The molecule has 1 aliphatic heterocycles. The fourth-order valence-electron chi connectivity index (χ4n) is 3.10. The molecule has 1 aromatic carbocycles. The van der Waals surface area contributed by atoms with Gasteiger partial charge in [0.25, 0.3) is 0 Å². The van der Waals surface area contributed by atoms with Crippen LogP contribution < -0.4 is 4.74 Å². The zero-order chi connectivity index (χ0) is 20.2. The minimum absolute atomic E-state index is 0.0752. The van der Waals surface area contributed by atoms with E-state index in [1.807, 2.05) is 49.1 Å². The summed E-state index contributed by atoms with van der Waals surface area (Å²) in [5, 5.41) is 15.4. The summed E-state index contributed by atoms with van der Waals surface area (Å²) in [6.45, 7) is 9.35. The molecular formula is C20H24ClN5O2S. The summed E-state index contributed by atoms with van der Waals surface area (Å²) < 4.78 is 13.0. The topological polar surface area (TPSA) is 65.3 Å². The molecular weight excluding hydrogens is 410 g/mol. The summed E-state index contributed by atoms with van der Waals surface area (Å²) >= 11 is 7.88. The Morgan fingerprint density at radius 1 is 1.14 bits per heavy atom. The molecule has 3 aromatic rings. The quantitative estimate of drug-likeness (QED) is 0.564. The van der Waals surface area contributed by atoms with Crippen molar-refractivity contribution < 1.29 is 9.47 Å². The van der Waals surface area contributed by atoms with Crippen LogP contribution in [-0.4, -0.2) is 63.8 Å². The molecule has 29 heavy (non-hydrogen) atoms. The first-order valence-electron chi connectivity index (χ1n) is 9.71. The van der Waals surface area contributed by atoms with Crippen molar-refractivity contribution in [2.24, 2.45) is 0 Å². The van der Waals surface area contributed by atoms with Gasteiger partial charge in [0, 0.05) is 31.4 Å². The van der Waals surface area contributed by atoms with Crippen molar-refractivity contribution in [3.05, 3.63) is 35.6 Å². The second-order valence-electron chi connectivity index (χ2n) is 7.17. The summed E-state index contributed by atoms with van der Waals surface area (Å²) in [7, 11) is 0. The maximum atomic E-state index is 6.36. The van der Waals surface area contributed by atoms with Crippen LogP contribution in [0.4, 0.5) is 0 Å². The van der Waals surface area contributed by atoms with Crippen LogP contribution in [0.5, 0.6) is 5.75 Å². The van der Waals surface area contributed by atoms with Crippen LogP contribution in [0.25, 0.3) is 21.1 Å². The summed E-state index contributed by atoms with van der Waals surface area (Å²) in [6.07, 6.45) is 3.94. The van der Waals surface area contributed by atoms with Crippen molar-refractivity contribution in [3.8, 4) is 26.9 Å². The van der Waals surface area contributed by atoms with E-state index in [0.29, 0.717) is 10.8 Å². The largest absolute Gasteiger partial charge is 0.489 e. The van der Waals surface area contributed by atoms with Gasteiger partial charge >= 0.3 is 0 Å². The first kappa shape index (κ1) is 20.3. The van der Waals surface area contributed by atoms with Crippen molar-refractivity contribution in [2.75, 3.05) is 32.8 Å². The Bertz CT molecular complexity index is 952. The third kappa shape index (κ3) is 5.14. The van der Waals surface area contributed by atoms with E-state index in [2.05, 4.69) is 20.2 Å². The number of hydrogen-bond donors (Lipinski definition) is 0. The summed E-state index contributed by atoms with van der Waals surface area (Å²) in [5.74, 6) is 0.677. The van der Waals surface area contributed by atoms with E-state index < -0.39 is 0 Å². The van der Waals surface area contributed by atoms with E-state index in [1.54, 1.807) is 0 Å². The molecule has 0 atom stereocenters. The fraction of sp³-hybridized carbons (Fsp3) is 0.450. The number of aromatic nitrogens is 4. The molecule has 0 radical (unpaired) electrons. The SMILES string of the molecule is CC(C)Oc1ccc(-c2nnc(-c3cnn(CCN4CCOCC4)c3)s2)cc1Cl. The molecule has 9 heteroatoms. The molecule has 7 nitrogen and oxygen atoms in total. The maximum Gasteiger partial charge on any atom is 0.151 e. The van der Waals surface area contributed by atoms with Crippen LogP contribution in [0.15, 0.2) is 30.6 Å². The molecule has 0 aliphatic carbocycles. The zero-order valence-electron chi connectivity index (χ0n) is 16.5. The average Bonchev–Trinajstić information content (AvgIpc) is 3.38. The van der Waals surface area contributed by atoms with Crippen molar-refractivity contribution >= 4 is 22.9 Å². The molecule has 0 spiro atoms. The molecule has 154 valence electrons. The van der Waals surface area contributed by atoms with Crippen LogP contribution in [0.2, 0.25) is 5.02 Å². The van der Waals surface area contributed by atoms with Crippen LogP contribution in [0.1, 0.15) is 13.8 Å². The lowest BCUT2D eigenvalue weighted by atomic mass is 10.2. The Balaban J connectivity index is 1.42. The van der Waals surface area contributed by atoms with Gasteiger partial charge in [-0.3, -0.25) is 9.58 Å². The lowest BCUT2D eigenvalue weighted by molar-refractivity contribution is 0.0360. The van der Waals surface area contributed by atoms with Crippen molar-refractivity contribution in [3.63, 3.8) is 0 Å². The number of halogens is 1. The van der Waals surface area contributed by atoms with Crippen LogP contribution in [0.3, 0.4) is 0 Å². The highest BCUT2D eigenvalue weighted by atomic mass is 35.5. The van der Waals surface area contributed by atoms with Crippen LogP contribution >= 0.6 is 22.9 Å². The molecule has 1 saturated heterocycles. The zero-order valence-corrected chi connectivity index (χ0v) is 18.1. The lowest BCUT2D eigenvalue weighted by Gasteiger charge is -2.26. The van der Waals surface area contributed by atoms with E-state index >= 15 is 0 Å². The molecule has 1 aliphatic rings. The van der Waals surface area contributed by atoms with Gasteiger partial charge in [-0.15, -0.1) is 10.2 Å². The van der Waals surface area contributed by atoms with E-state index in [4.69, 9.17) is 21.1 Å². The lowest BCUT2D eigenvalue weighted by Crippen LogP contribution is -2.38. The monoisotopic (exact) mass is 433 g/mol. The number of ether oxygens (including phenoxy) is 2.